The number of benzene rings is 1. The molecule has 1 aromatic heterocycles. The molecule has 0 unspecified atom stereocenters. The molecule has 0 radical (unpaired) electrons. The molecule has 2 aromatic rings. The van der Waals surface area contributed by atoms with E-state index in [-0.39, 0.29) is 5.82 Å². The van der Waals surface area contributed by atoms with Crippen molar-refractivity contribution >= 4 is 11.8 Å². The lowest BCUT2D eigenvalue weighted by molar-refractivity contribution is 0.624. The van der Waals surface area contributed by atoms with Gasteiger partial charge in [-0.15, -0.1) is 0 Å². The maximum Gasteiger partial charge on any atom is 0.124 e. The third-order valence-corrected chi connectivity index (χ3v) is 4.01. The highest BCUT2D eigenvalue weighted by Gasteiger charge is 2.16. The molecule has 0 aliphatic heterocycles. The second-order valence-electron chi connectivity index (χ2n) is 4.62. The van der Waals surface area contributed by atoms with Crippen molar-refractivity contribution in [3.8, 4) is 0 Å². The molecule has 0 saturated carbocycles. The minimum Gasteiger partial charge on any atom is -0.333 e. The van der Waals surface area contributed by atoms with E-state index in [1.807, 2.05) is 20.0 Å². The number of hydrogen-bond donors (Lipinski definition) is 1. The lowest BCUT2D eigenvalue weighted by Gasteiger charge is -2.08. The zero-order chi connectivity index (χ0) is 15.3. The zero-order valence-corrected chi connectivity index (χ0v) is 13.5. The van der Waals surface area contributed by atoms with Crippen LogP contribution in [0.2, 0.25) is 0 Å². The number of nitrogens with two attached hydrogens (primary N) is 1. The highest BCUT2D eigenvalue weighted by Crippen LogP contribution is 2.34. The summed E-state index contributed by atoms with van der Waals surface area (Å²) in [5, 5.41) is 1.09. The largest absolute Gasteiger partial charge is 0.333 e. The fourth-order valence-corrected chi connectivity index (χ4v) is 2.95. The third kappa shape index (κ3) is 3.84. The predicted octanol–water partition coefficient (Wildman–Crippen LogP) is 3.72. The van der Waals surface area contributed by atoms with Crippen LogP contribution in [0.5, 0.6) is 0 Å². The molecule has 2 N–H and O–H groups in total. The van der Waals surface area contributed by atoms with Crippen LogP contribution < -0.4 is 5.73 Å². The molecule has 0 saturated heterocycles. The number of rotatable bonds is 3. The average molecular weight is 295 g/mol. The van der Waals surface area contributed by atoms with E-state index in [0.717, 1.165) is 21.4 Å². The van der Waals surface area contributed by atoms with Gasteiger partial charge in [0.05, 0.1) is 5.69 Å². The number of aromatic nitrogens is 2. The van der Waals surface area contributed by atoms with Crippen LogP contribution in [0.1, 0.15) is 31.3 Å². The molecule has 1 aromatic carbocycles. The van der Waals surface area contributed by atoms with E-state index in [9.17, 15) is 4.39 Å². The van der Waals surface area contributed by atoms with Gasteiger partial charge in [0.2, 0.25) is 0 Å². The second-order valence-corrected chi connectivity index (χ2v) is 5.68. The van der Waals surface area contributed by atoms with Crippen LogP contribution in [-0.2, 0) is 7.05 Å². The number of aryl methyl sites for hydroxylation is 1. The van der Waals surface area contributed by atoms with E-state index >= 15 is 0 Å². The standard InChI is InChI=1S/C14H17FN2S.CH5N/c1-9(2)13-14(17(4)10(3)16-13)18-12-7-5-6-11(15)8-12;1-2/h5-9H,1-4H3;2H2,1H3. The Morgan fingerprint density at radius 3 is 2.50 bits per heavy atom. The summed E-state index contributed by atoms with van der Waals surface area (Å²) < 4.78 is 15.3. The summed E-state index contributed by atoms with van der Waals surface area (Å²) in [5.74, 6) is 1.14. The van der Waals surface area contributed by atoms with Gasteiger partial charge < -0.3 is 10.3 Å². The highest BCUT2D eigenvalue weighted by atomic mass is 32.2. The van der Waals surface area contributed by atoms with Gasteiger partial charge in [-0.05, 0) is 38.1 Å². The number of halogens is 1. The quantitative estimate of drug-likeness (QED) is 0.938. The zero-order valence-electron chi connectivity index (χ0n) is 12.6. The first-order valence-electron chi connectivity index (χ1n) is 6.53. The minimum atomic E-state index is -0.204. The fraction of sp³-hybridized carbons (Fsp3) is 0.400. The van der Waals surface area contributed by atoms with Gasteiger partial charge in [-0.1, -0.05) is 31.7 Å². The van der Waals surface area contributed by atoms with Crippen LogP contribution in [-0.4, -0.2) is 16.6 Å². The van der Waals surface area contributed by atoms with Crippen molar-refractivity contribution in [3.63, 3.8) is 0 Å². The smallest absolute Gasteiger partial charge is 0.124 e. The molecule has 0 aliphatic carbocycles. The fourth-order valence-electron chi connectivity index (χ4n) is 1.75. The molecule has 0 fully saturated rings. The molecule has 0 bridgehead atoms. The first kappa shape index (κ1) is 16.7. The summed E-state index contributed by atoms with van der Waals surface area (Å²) in [5.41, 5.74) is 5.57. The van der Waals surface area contributed by atoms with Crippen molar-refractivity contribution in [2.75, 3.05) is 7.05 Å². The molecule has 5 heteroatoms. The van der Waals surface area contributed by atoms with Crippen molar-refractivity contribution in [1.82, 2.24) is 9.55 Å². The Hall–Kier alpha value is -1.33. The molecule has 110 valence electrons. The molecule has 20 heavy (non-hydrogen) atoms. The Balaban J connectivity index is 0.000000956. The van der Waals surface area contributed by atoms with Gasteiger partial charge in [0.25, 0.3) is 0 Å². The summed E-state index contributed by atoms with van der Waals surface area (Å²) in [6.45, 7) is 6.23. The summed E-state index contributed by atoms with van der Waals surface area (Å²) in [4.78, 5) is 5.48. The number of hydrogen-bond acceptors (Lipinski definition) is 3. The summed E-state index contributed by atoms with van der Waals surface area (Å²) in [6.07, 6.45) is 0. The van der Waals surface area contributed by atoms with E-state index in [0.29, 0.717) is 5.92 Å². The van der Waals surface area contributed by atoms with Gasteiger partial charge in [0.15, 0.2) is 0 Å². The van der Waals surface area contributed by atoms with Crippen molar-refractivity contribution < 1.29 is 4.39 Å². The first-order chi connectivity index (χ1) is 9.49. The second kappa shape index (κ2) is 7.45. The monoisotopic (exact) mass is 295 g/mol. The molecule has 2 rings (SSSR count). The van der Waals surface area contributed by atoms with E-state index in [2.05, 4.69) is 29.1 Å². The molecule has 0 atom stereocenters. The molecule has 1 heterocycles. The summed E-state index contributed by atoms with van der Waals surface area (Å²) in [7, 11) is 3.50. The lowest BCUT2D eigenvalue weighted by Crippen LogP contribution is -1.95. The van der Waals surface area contributed by atoms with Crippen molar-refractivity contribution in [1.29, 1.82) is 0 Å². The third-order valence-electron chi connectivity index (χ3n) is 2.85. The molecule has 0 aliphatic rings. The molecule has 0 amide bonds. The van der Waals surface area contributed by atoms with Crippen LogP contribution in [0.25, 0.3) is 0 Å². The van der Waals surface area contributed by atoms with E-state index in [4.69, 9.17) is 0 Å². The normalized spacial score (nSPS) is 10.4. The minimum absolute atomic E-state index is 0.204. The number of imidazole rings is 1. The van der Waals surface area contributed by atoms with Gasteiger partial charge in [0.1, 0.15) is 16.7 Å². The van der Waals surface area contributed by atoms with Crippen LogP contribution in [0.3, 0.4) is 0 Å². The van der Waals surface area contributed by atoms with E-state index < -0.39 is 0 Å². The maximum absolute atomic E-state index is 13.2. The molecular formula is C15H22FN3S. The van der Waals surface area contributed by atoms with E-state index in [1.54, 1.807) is 23.9 Å². The Morgan fingerprint density at radius 1 is 1.30 bits per heavy atom. The Labute approximate surface area is 124 Å². The van der Waals surface area contributed by atoms with Crippen LogP contribution >= 0.6 is 11.8 Å². The van der Waals surface area contributed by atoms with Crippen LogP contribution in [0.15, 0.2) is 34.2 Å². The SMILES string of the molecule is CN.Cc1nc(C(C)C)c(Sc2cccc(F)c2)n1C. The topological polar surface area (TPSA) is 43.8 Å². The molecule has 3 nitrogen and oxygen atoms in total. The highest BCUT2D eigenvalue weighted by molar-refractivity contribution is 7.99. The predicted molar refractivity (Wildman–Crippen MR) is 82.7 cm³/mol. The number of nitrogens with zero attached hydrogens (tertiary/aromatic N) is 2. The van der Waals surface area contributed by atoms with Crippen LogP contribution in [0.4, 0.5) is 4.39 Å². The van der Waals surface area contributed by atoms with Crippen LogP contribution in [0, 0.1) is 12.7 Å². The van der Waals surface area contributed by atoms with Crippen molar-refractivity contribution in [2.24, 2.45) is 12.8 Å². The van der Waals surface area contributed by atoms with Gasteiger partial charge in [-0.3, -0.25) is 0 Å². The van der Waals surface area contributed by atoms with Crippen molar-refractivity contribution in [3.05, 3.63) is 41.6 Å². The molecular weight excluding hydrogens is 273 g/mol. The Morgan fingerprint density at radius 2 is 1.95 bits per heavy atom. The summed E-state index contributed by atoms with van der Waals surface area (Å²) >= 11 is 1.56. The molecule has 0 spiro atoms. The van der Waals surface area contributed by atoms with Gasteiger partial charge in [-0.2, -0.15) is 0 Å². The van der Waals surface area contributed by atoms with Gasteiger partial charge in [0, 0.05) is 11.9 Å². The van der Waals surface area contributed by atoms with Gasteiger partial charge in [-0.25, -0.2) is 9.37 Å². The Kier molecular flexibility index (Phi) is 6.23. The maximum atomic E-state index is 13.2. The van der Waals surface area contributed by atoms with E-state index in [1.165, 1.54) is 13.1 Å². The average Bonchev–Trinajstić information content (AvgIpc) is 2.70. The first-order valence-corrected chi connectivity index (χ1v) is 7.35. The summed E-state index contributed by atoms with van der Waals surface area (Å²) in [6, 6.07) is 6.66. The van der Waals surface area contributed by atoms with Crippen molar-refractivity contribution in [2.45, 2.75) is 36.6 Å². The van der Waals surface area contributed by atoms with Gasteiger partial charge >= 0.3 is 0 Å². The lowest BCUT2D eigenvalue weighted by atomic mass is 10.2. The Bertz CT molecular complexity index is 564.